The molecule has 1 saturated carbocycles. The lowest BCUT2D eigenvalue weighted by atomic mass is 10.0. The van der Waals surface area contributed by atoms with Gasteiger partial charge in [0.2, 0.25) is 5.91 Å². The van der Waals surface area contributed by atoms with Gasteiger partial charge < -0.3 is 15.5 Å². The Morgan fingerprint density at radius 1 is 0.964 bits per heavy atom. The third-order valence-corrected chi connectivity index (χ3v) is 5.18. The van der Waals surface area contributed by atoms with Crippen molar-refractivity contribution in [3.63, 3.8) is 0 Å². The zero-order valence-corrected chi connectivity index (χ0v) is 16.0. The maximum atomic E-state index is 12.6. The number of amides is 3. The Morgan fingerprint density at radius 2 is 1.68 bits per heavy atom. The van der Waals surface area contributed by atoms with Gasteiger partial charge in [0.1, 0.15) is 0 Å². The highest BCUT2D eigenvalue weighted by molar-refractivity contribution is 6.43. The van der Waals surface area contributed by atoms with Gasteiger partial charge in [-0.3, -0.25) is 14.4 Å². The predicted octanol–water partition coefficient (Wildman–Crippen LogP) is 3.61. The van der Waals surface area contributed by atoms with Crippen molar-refractivity contribution in [2.24, 2.45) is 5.92 Å². The number of halogens is 1. The number of aryl methyl sites for hydroxylation is 1. The molecule has 7 heteroatoms. The van der Waals surface area contributed by atoms with E-state index in [0.29, 0.717) is 22.9 Å². The summed E-state index contributed by atoms with van der Waals surface area (Å²) in [7, 11) is 0. The van der Waals surface area contributed by atoms with Crippen molar-refractivity contribution in [2.75, 3.05) is 22.1 Å². The van der Waals surface area contributed by atoms with E-state index in [1.807, 2.05) is 11.0 Å². The molecule has 28 heavy (non-hydrogen) atoms. The molecule has 0 spiro atoms. The van der Waals surface area contributed by atoms with Gasteiger partial charge in [-0.2, -0.15) is 0 Å². The van der Waals surface area contributed by atoms with Crippen molar-refractivity contribution < 1.29 is 14.4 Å². The van der Waals surface area contributed by atoms with Crippen LogP contribution in [0.3, 0.4) is 0 Å². The van der Waals surface area contributed by atoms with Crippen molar-refractivity contribution in [1.82, 2.24) is 0 Å². The van der Waals surface area contributed by atoms with Gasteiger partial charge in [0.15, 0.2) is 0 Å². The minimum Gasteiger partial charge on any atom is -0.318 e. The Balaban J connectivity index is 1.47. The Bertz CT molecular complexity index is 956. The monoisotopic (exact) mass is 397 g/mol. The maximum Gasteiger partial charge on any atom is 0.314 e. The lowest BCUT2D eigenvalue weighted by molar-refractivity contribution is -0.132. The molecule has 6 nitrogen and oxygen atoms in total. The van der Waals surface area contributed by atoms with Crippen LogP contribution in [0.1, 0.15) is 24.8 Å². The first-order chi connectivity index (χ1) is 13.5. The molecule has 0 bridgehead atoms. The fraction of sp³-hybridized carbons (Fsp3) is 0.286. The molecule has 2 aromatic rings. The Labute approximate surface area is 167 Å². The van der Waals surface area contributed by atoms with E-state index in [1.54, 1.807) is 36.4 Å². The normalized spacial score (nSPS) is 15.5. The second-order valence-electron chi connectivity index (χ2n) is 7.13. The van der Waals surface area contributed by atoms with E-state index < -0.39 is 11.8 Å². The second-order valence-corrected chi connectivity index (χ2v) is 7.57. The average molecular weight is 398 g/mol. The Hall–Kier alpha value is -2.86. The summed E-state index contributed by atoms with van der Waals surface area (Å²) in [6, 6.07) is 12.0. The zero-order valence-electron chi connectivity index (χ0n) is 15.2. The van der Waals surface area contributed by atoms with Crippen molar-refractivity contribution >= 4 is 46.4 Å². The Morgan fingerprint density at radius 3 is 2.36 bits per heavy atom. The van der Waals surface area contributed by atoms with E-state index in [1.165, 1.54) is 0 Å². The highest BCUT2D eigenvalue weighted by Crippen LogP contribution is 2.36. The standard InChI is InChI=1S/C21H20ClN3O3/c22-15-4-1-5-16(11-15)23-19(26)20(27)24-17-9-8-13-3-2-10-25(18(13)12-17)21(28)14-6-7-14/h1,4-5,8-9,11-12,14H,2-3,6-7,10H2,(H,23,26)(H,24,27). The number of hydrogen-bond donors (Lipinski definition) is 2. The SMILES string of the molecule is O=C(Nc1cccc(Cl)c1)C(=O)Nc1ccc2c(c1)N(C(=O)C1CC1)CCC2. The molecule has 0 radical (unpaired) electrons. The molecular formula is C21H20ClN3O3. The maximum absolute atomic E-state index is 12.6. The summed E-state index contributed by atoms with van der Waals surface area (Å²) in [6.07, 6.45) is 3.72. The van der Waals surface area contributed by atoms with Crippen molar-refractivity contribution in [3.05, 3.63) is 53.1 Å². The molecule has 0 atom stereocenters. The smallest absolute Gasteiger partial charge is 0.314 e. The van der Waals surface area contributed by atoms with Crippen LogP contribution in [0.2, 0.25) is 5.02 Å². The number of anilines is 3. The largest absolute Gasteiger partial charge is 0.318 e. The first-order valence-electron chi connectivity index (χ1n) is 9.33. The van der Waals surface area contributed by atoms with Gasteiger partial charge in [0.05, 0.1) is 0 Å². The van der Waals surface area contributed by atoms with E-state index in [-0.39, 0.29) is 11.8 Å². The van der Waals surface area contributed by atoms with E-state index in [9.17, 15) is 14.4 Å². The summed E-state index contributed by atoms with van der Waals surface area (Å²) in [5.41, 5.74) is 2.85. The number of rotatable bonds is 3. The number of nitrogens with one attached hydrogen (secondary N) is 2. The highest BCUT2D eigenvalue weighted by atomic mass is 35.5. The molecule has 1 aliphatic carbocycles. The summed E-state index contributed by atoms with van der Waals surface area (Å²) in [4.78, 5) is 38.8. The van der Waals surface area contributed by atoms with Crippen LogP contribution >= 0.6 is 11.6 Å². The van der Waals surface area contributed by atoms with Crippen molar-refractivity contribution in [2.45, 2.75) is 25.7 Å². The van der Waals surface area contributed by atoms with Gasteiger partial charge in [-0.05, 0) is 61.6 Å². The molecule has 4 rings (SSSR count). The predicted molar refractivity (Wildman–Crippen MR) is 109 cm³/mol. The fourth-order valence-electron chi connectivity index (χ4n) is 3.37. The van der Waals surface area contributed by atoms with E-state index >= 15 is 0 Å². The van der Waals surface area contributed by atoms with Crippen LogP contribution in [0, 0.1) is 5.92 Å². The molecule has 2 N–H and O–H groups in total. The third kappa shape index (κ3) is 4.02. The van der Waals surface area contributed by atoms with Crippen LogP contribution in [-0.2, 0) is 20.8 Å². The minimum atomic E-state index is -0.786. The highest BCUT2D eigenvalue weighted by Gasteiger charge is 2.35. The van der Waals surface area contributed by atoms with Gasteiger partial charge >= 0.3 is 11.8 Å². The molecule has 3 amide bonds. The lowest BCUT2D eigenvalue weighted by Crippen LogP contribution is -2.36. The van der Waals surface area contributed by atoms with E-state index in [2.05, 4.69) is 10.6 Å². The number of hydrogen-bond acceptors (Lipinski definition) is 3. The number of nitrogens with zero attached hydrogens (tertiary/aromatic N) is 1. The first-order valence-corrected chi connectivity index (χ1v) is 9.71. The molecule has 0 saturated heterocycles. The first kappa shape index (κ1) is 18.5. The molecule has 1 fully saturated rings. The number of carbonyl (C=O) groups excluding carboxylic acids is 3. The third-order valence-electron chi connectivity index (χ3n) is 4.94. The number of fused-ring (bicyclic) bond motifs is 1. The van der Waals surface area contributed by atoms with Crippen LogP contribution in [0.5, 0.6) is 0 Å². The van der Waals surface area contributed by atoms with Gasteiger partial charge in [-0.25, -0.2) is 0 Å². The van der Waals surface area contributed by atoms with Crippen LogP contribution in [0.25, 0.3) is 0 Å². The zero-order chi connectivity index (χ0) is 19.7. The molecule has 1 heterocycles. The van der Waals surface area contributed by atoms with E-state index in [0.717, 1.165) is 36.9 Å². The second kappa shape index (κ2) is 7.64. The molecule has 2 aliphatic rings. The van der Waals surface area contributed by atoms with Crippen molar-refractivity contribution in [1.29, 1.82) is 0 Å². The summed E-state index contributed by atoms with van der Waals surface area (Å²) >= 11 is 5.89. The van der Waals surface area contributed by atoms with Crippen LogP contribution in [0.4, 0.5) is 17.1 Å². The van der Waals surface area contributed by atoms with Crippen LogP contribution < -0.4 is 15.5 Å². The van der Waals surface area contributed by atoms with Gasteiger partial charge in [0, 0.05) is 34.5 Å². The molecule has 2 aromatic carbocycles. The topological polar surface area (TPSA) is 78.5 Å². The quantitative estimate of drug-likeness (QED) is 0.776. The lowest BCUT2D eigenvalue weighted by Gasteiger charge is -2.30. The summed E-state index contributed by atoms with van der Waals surface area (Å²) in [5, 5.41) is 5.59. The molecular weight excluding hydrogens is 378 g/mol. The molecule has 0 aromatic heterocycles. The van der Waals surface area contributed by atoms with Crippen LogP contribution in [-0.4, -0.2) is 24.3 Å². The summed E-state index contributed by atoms with van der Waals surface area (Å²) in [5.74, 6) is -1.28. The van der Waals surface area contributed by atoms with Gasteiger partial charge in [-0.15, -0.1) is 0 Å². The average Bonchev–Trinajstić information content (AvgIpc) is 3.52. The Kier molecular flexibility index (Phi) is 5.05. The molecule has 144 valence electrons. The van der Waals surface area contributed by atoms with Crippen molar-refractivity contribution in [3.8, 4) is 0 Å². The number of benzene rings is 2. The fourth-order valence-corrected chi connectivity index (χ4v) is 3.56. The molecule has 0 unspecified atom stereocenters. The summed E-state index contributed by atoms with van der Waals surface area (Å²) < 4.78 is 0. The van der Waals surface area contributed by atoms with Gasteiger partial charge in [0.25, 0.3) is 0 Å². The van der Waals surface area contributed by atoms with Crippen LogP contribution in [0.15, 0.2) is 42.5 Å². The minimum absolute atomic E-state index is 0.132. The van der Waals surface area contributed by atoms with Gasteiger partial charge in [-0.1, -0.05) is 23.7 Å². The summed E-state index contributed by atoms with van der Waals surface area (Å²) in [6.45, 7) is 0.689. The van der Waals surface area contributed by atoms with E-state index in [4.69, 9.17) is 11.6 Å². The number of carbonyl (C=O) groups is 3. The molecule has 1 aliphatic heterocycles.